The molecule has 1 atom stereocenters. The van der Waals surface area contributed by atoms with E-state index >= 15 is 0 Å². The Bertz CT molecular complexity index is 714. The maximum absolute atomic E-state index is 12.3. The molecule has 1 unspecified atom stereocenters. The molecule has 1 aromatic rings. The van der Waals surface area contributed by atoms with E-state index in [2.05, 4.69) is 15.0 Å². The zero-order valence-electron chi connectivity index (χ0n) is 13.4. The van der Waals surface area contributed by atoms with Crippen LogP contribution in [0.5, 0.6) is 0 Å². The standard InChI is InChI=1S/C15H21N3O3S2/c1-10(2)16-15(19)12(8-9-22-3)17-14-11-6-4-5-7-13(11)23(20,21)18-14/h4-7,10,12H,8-9H2,1-3H3,(H,16,19)(H,17,18). The molecule has 1 aliphatic heterocycles. The van der Waals surface area contributed by atoms with Gasteiger partial charge in [0.05, 0.1) is 4.90 Å². The summed E-state index contributed by atoms with van der Waals surface area (Å²) < 4.78 is 26.7. The number of nitrogens with zero attached hydrogens (tertiary/aromatic N) is 1. The van der Waals surface area contributed by atoms with Gasteiger partial charge in [0.1, 0.15) is 11.9 Å². The van der Waals surface area contributed by atoms with E-state index in [-0.39, 0.29) is 22.7 Å². The Labute approximate surface area is 141 Å². The number of carbonyl (C=O) groups is 1. The van der Waals surface area contributed by atoms with Crippen molar-refractivity contribution in [3.8, 4) is 0 Å². The van der Waals surface area contributed by atoms with Crippen LogP contribution in [0.2, 0.25) is 0 Å². The number of amides is 1. The van der Waals surface area contributed by atoms with Crippen LogP contribution in [-0.2, 0) is 14.8 Å². The van der Waals surface area contributed by atoms with Gasteiger partial charge in [-0.05, 0) is 44.4 Å². The molecule has 0 saturated carbocycles. The van der Waals surface area contributed by atoms with Crippen LogP contribution in [-0.4, -0.2) is 44.3 Å². The fraction of sp³-hybridized carbons (Fsp3) is 0.467. The van der Waals surface area contributed by atoms with E-state index < -0.39 is 16.1 Å². The van der Waals surface area contributed by atoms with Crippen LogP contribution < -0.4 is 10.0 Å². The van der Waals surface area contributed by atoms with Crippen LogP contribution in [0.3, 0.4) is 0 Å². The minimum absolute atomic E-state index is 0.00651. The van der Waals surface area contributed by atoms with Crippen molar-refractivity contribution < 1.29 is 13.2 Å². The predicted octanol–water partition coefficient (Wildman–Crippen LogP) is 1.37. The lowest BCUT2D eigenvalue weighted by molar-refractivity contribution is -0.122. The highest BCUT2D eigenvalue weighted by Crippen LogP contribution is 2.23. The summed E-state index contributed by atoms with van der Waals surface area (Å²) in [6.45, 7) is 3.76. The monoisotopic (exact) mass is 355 g/mol. The van der Waals surface area contributed by atoms with Gasteiger partial charge in [0.15, 0.2) is 0 Å². The summed E-state index contributed by atoms with van der Waals surface area (Å²) in [4.78, 5) is 16.9. The van der Waals surface area contributed by atoms with Crippen molar-refractivity contribution in [2.75, 3.05) is 12.0 Å². The van der Waals surface area contributed by atoms with Crippen molar-refractivity contribution in [2.24, 2.45) is 4.99 Å². The summed E-state index contributed by atoms with van der Waals surface area (Å²) in [5.74, 6) is 0.817. The first-order valence-electron chi connectivity index (χ1n) is 7.34. The highest BCUT2D eigenvalue weighted by Gasteiger charge is 2.31. The number of sulfonamides is 1. The maximum Gasteiger partial charge on any atom is 0.263 e. The van der Waals surface area contributed by atoms with Crippen molar-refractivity contribution in [3.05, 3.63) is 29.8 Å². The van der Waals surface area contributed by atoms with Gasteiger partial charge >= 0.3 is 0 Å². The SMILES string of the molecule is CSCCC(N=C1NS(=O)(=O)c2ccccc21)C(=O)NC(C)C. The molecule has 0 radical (unpaired) electrons. The summed E-state index contributed by atoms with van der Waals surface area (Å²) in [6.07, 6.45) is 2.51. The highest BCUT2D eigenvalue weighted by molar-refractivity contribution is 7.98. The van der Waals surface area contributed by atoms with Crippen LogP contribution in [0.4, 0.5) is 0 Å². The Morgan fingerprint density at radius 3 is 2.70 bits per heavy atom. The second-order valence-corrected chi connectivity index (χ2v) is 8.18. The van der Waals surface area contributed by atoms with Gasteiger partial charge in [-0.15, -0.1) is 0 Å². The van der Waals surface area contributed by atoms with Crippen LogP contribution in [0.1, 0.15) is 25.8 Å². The Morgan fingerprint density at radius 2 is 2.04 bits per heavy atom. The van der Waals surface area contributed by atoms with Gasteiger partial charge in [-0.3, -0.25) is 14.5 Å². The molecule has 6 nitrogen and oxygen atoms in total. The summed E-state index contributed by atoms with van der Waals surface area (Å²) in [5.41, 5.74) is 0.513. The van der Waals surface area contributed by atoms with Crippen molar-refractivity contribution in [1.29, 1.82) is 0 Å². The zero-order chi connectivity index (χ0) is 17.0. The molecule has 2 N–H and O–H groups in total. The minimum Gasteiger partial charge on any atom is -0.352 e. The number of aliphatic imine (C=N–C) groups is 1. The third-order valence-corrected chi connectivity index (χ3v) is 5.32. The van der Waals surface area contributed by atoms with Crippen molar-refractivity contribution in [3.63, 3.8) is 0 Å². The lowest BCUT2D eigenvalue weighted by atomic mass is 10.1. The molecule has 8 heteroatoms. The van der Waals surface area contributed by atoms with Crippen LogP contribution in [0, 0.1) is 0 Å². The molecule has 0 aliphatic carbocycles. The summed E-state index contributed by atoms with van der Waals surface area (Å²) in [6, 6.07) is 6.03. The topological polar surface area (TPSA) is 87.6 Å². The van der Waals surface area contributed by atoms with E-state index in [0.717, 1.165) is 5.75 Å². The molecule has 2 rings (SSSR count). The van der Waals surface area contributed by atoms with Crippen LogP contribution in [0.25, 0.3) is 0 Å². The zero-order valence-corrected chi connectivity index (χ0v) is 15.0. The molecule has 0 bridgehead atoms. The van der Waals surface area contributed by atoms with Crippen LogP contribution in [0.15, 0.2) is 34.2 Å². The van der Waals surface area contributed by atoms with Crippen molar-refractivity contribution >= 4 is 33.5 Å². The van der Waals surface area contributed by atoms with Crippen LogP contribution >= 0.6 is 11.8 Å². The molecule has 1 heterocycles. The molecular weight excluding hydrogens is 334 g/mol. The molecular formula is C15H21N3O3S2. The molecule has 1 aromatic carbocycles. The number of benzene rings is 1. The van der Waals surface area contributed by atoms with Gasteiger partial charge in [-0.1, -0.05) is 12.1 Å². The summed E-state index contributed by atoms with van der Waals surface area (Å²) in [5, 5.41) is 2.84. The second kappa shape index (κ2) is 7.35. The molecule has 0 fully saturated rings. The highest BCUT2D eigenvalue weighted by atomic mass is 32.2. The number of fused-ring (bicyclic) bond motifs is 1. The quantitative estimate of drug-likeness (QED) is 0.807. The van der Waals surface area contributed by atoms with E-state index in [0.29, 0.717) is 12.0 Å². The Kier molecular flexibility index (Phi) is 5.69. The number of nitrogens with one attached hydrogen (secondary N) is 2. The van der Waals surface area contributed by atoms with E-state index in [1.54, 1.807) is 30.0 Å². The van der Waals surface area contributed by atoms with E-state index in [4.69, 9.17) is 0 Å². The fourth-order valence-electron chi connectivity index (χ4n) is 2.25. The fourth-order valence-corrected chi connectivity index (χ4v) is 3.95. The molecule has 0 aromatic heterocycles. The average molecular weight is 355 g/mol. The van der Waals surface area contributed by atoms with E-state index in [1.807, 2.05) is 20.1 Å². The minimum atomic E-state index is -3.59. The normalized spacial score (nSPS) is 18.5. The van der Waals surface area contributed by atoms with Crippen molar-refractivity contribution in [2.45, 2.75) is 37.2 Å². The second-order valence-electron chi connectivity index (χ2n) is 5.54. The Hall–Kier alpha value is -1.54. The first kappa shape index (κ1) is 17.8. The van der Waals surface area contributed by atoms with Gasteiger partial charge in [-0.25, -0.2) is 8.42 Å². The lowest BCUT2D eigenvalue weighted by Gasteiger charge is -2.15. The van der Waals surface area contributed by atoms with E-state index in [9.17, 15) is 13.2 Å². The molecule has 0 saturated heterocycles. The molecule has 1 aliphatic rings. The number of thioether (sulfide) groups is 1. The Balaban J connectivity index is 2.34. The van der Waals surface area contributed by atoms with E-state index in [1.165, 1.54) is 6.07 Å². The van der Waals surface area contributed by atoms with Gasteiger partial charge in [-0.2, -0.15) is 11.8 Å². The average Bonchev–Trinajstić information content (AvgIpc) is 2.74. The number of hydrogen-bond donors (Lipinski definition) is 2. The predicted molar refractivity (Wildman–Crippen MR) is 93.4 cm³/mol. The number of hydrogen-bond acceptors (Lipinski definition) is 5. The number of carbonyl (C=O) groups excluding carboxylic acids is 1. The third kappa shape index (κ3) is 4.26. The first-order valence-corrected chi connectivity index (χ1v) is 10.2. The molecule has 0 spiro atoms. The first-order chi connectivity index (χ1) is 10.8. The molecule has 1 amide bonds. The maximum atomic E-state index is 12.3. The van der Waals surface area contributed by atoms with Gasteiger partial charge < -0.3 is 5.32 Å². The number of amidine groups is 1. The lowest BCUT2D eigenvalue weighted by Crippen LogP contribution is -2.39. The summed E-state index contributed by atoms with van der Waals surface area (Å²) >= 11 is 1.62. The van der Waals surface area contributed by atoms with Crippen molar-refractivity contribution in [1.82, 2.24) is 10.0 Å². The Morgan fingerprint density at radius 1 is 1.35 bits per heavy atom. The largest absolute Gasteiger partial charge is 0.352 e. The number of rotatable bonds is 6. The molecule has 126 valence electrons. The smallest absolute Gasteiger partial charge is 0.263 e. The molecule has 23 heavy (non-hydrogen) atoms. The van der Waals surface area contributed by atoms with Gasteiger partial charge in [0.25, 0.3) is 10.0 Å². The summed E-state index contributed by atoms with van der Waals surface area (Å²) in [7, 11) is -3.59. The third-order valence-electron chi connectivity index (χ3n) is 3.28. The van der Waals surface area contributed by atoms with Gasteiger partial charge in [0, 0.05) is 11.6 Å². The van der Waals surface area contributed by atoms with Gasteiger partial charge in [0.2, 0.25) is 5.91 Å².